The molecule has 0 aliphatic carbocycles. The van der Waals surface area contributed by atoms with Gasteiger partial charge in [-0.25, -0.2) is 4.98 Å². The van der Waals surface area contributed by atoms with Crippen LogP contribution in [0.1, 0.15) is 36.4 Å². The molecule has 1 rings (SSSR count). The highest BCUT2D eigenvalue weighted by atomic mass is 32.1. The zero-order valence-electron chi connectivity index (χ0n) is 10.3. The van der Waals surface area contributed by atoms with Crippen LogP contribution in [-0.4, -0.2) is 35.2 Å². The third kappa shape index (κ3) is 5.58. The van der Waals surface area contributed by atoms with Gasteiger partial charge in [0.25, 0.3) is 0 Å². The molecule has 1 aromatic heterocycles. The monoisotopic (exact) mass is 242 g/mol. The second kappa shape index (κ2) is 7.76. The summed E-state index contributed by atoms with van der Waals surface area (Å²) in [4.78, 5) is 6.77. The Balaban J connectivity index is 2.09. The predicted octanol–water partition coefficient (Wildman–Crippen LogP) is 2.44. The van der Waals surface area contributed by atoms with Gasteiger partial charge >= 0.3 is 0 Å². The Morgan fingerprint density at radius 2 is 2.06 bits per heavy atom. The first-order valence-electron chi connectivity index (χ1n) is 5.93. The molecule has 0 amide bonds. The molecule has 0 spiro atoms. The van der Waals surface area contributed by atoms with E-state index in [1.165, 1.54) is 18.5 Å². The maximum absolute atomic E-state index is 8.65. The first kappa shape index (κ1) is 13.6. The summed E-state index contributed by atoms with van der Waals surface area (Å²) >= 11 is 1.72. The van der Waals surface area contributed by atoms with Gasteiger partial charge in [0.05, 0.1) is 10.7 Å². The van der Waals surface area contributed by atoms with E-state index >= 15 is 0 Å². The highest BCUT2D eigenvalue weighted by molar-refractivity contribution is 7.09. The van der Waals surface area contributed by atoms with Crippen LogP contribution in [-0.2, 0) is 6.54 Å². The fraction of sp³-hybridized carbons (Fsp3) is 0.750. The standard InChI is InChI=1S/C12H22N2OS/c1-11-13-12(10-16-11)9-14(2)7-5-3-4-6-8-15/h10,15H,3-9H2,1-2H3. The maximum Gasteiger partial charge on any atom is 0.0897 e. The number of aromatic nitrogens is 1. The normalized spacial score (nSPS) is 11.2. The Morgan fingerprint density at radius 3 is 2.69 bits per heavy atom. The van der Waals surface area contributed by atoms with Gasteiger partial charge < -0.3 is 10.0 Å². The van der Waals surface area contributed by atoms with E-state index in [2.05, 4.69) is 22.3 Å². The number of aliphatic hydroxyl groups is 1. The molecule has 0 saturated carbocycles. The zero-order chi connectivity index (χ0) is 11.8. The van der Waals surface area contributed by atoms with Crippen molar-refractivity contribution in [1.29, 1.82) is 0 Å². The van der Waals surface area contributed by atoms with Crippen molar-refractivity contribution in [1.82, 2.24) is 9.88 Å². The number of nitrogens with zero attached hydrogens (tertiary/aromatic N) is 2. The van der Waals surface area contributed by atoms with Gasteiger partial charge in [0.1, 0.15) is 0 Å². The first-order chi connectivity index (χ1) is 7.72. The molecule has 92 valence electrons. The van der Waals surface area contributed by atoms with Gasteiger partial charge in [-0.15, -0.1) is 11.3 Å². The third-order valence-corrected chi connectivity index (χ3v) is 3.37. The number of aryl methyl sites for hydroxylation is 1. The van der Waals surface area contributed by atoms with Gasteiger partial charge in [0.2, 0.25) is 0 Å². The van der Waals surface area contributed by atoms with Crippen LogP contribution in [0.5, 0.6) is 0 Å². The van der Waals surface area contributed by atoms with Crippen LogP contribution in [0.25, 0.3) is 0 Å². The highest BCUT2D eigenvalue weighted by Gasteiger charge is 2.03. The molecule has 3 nitrogen and oxygen atoms in total. The minimum atomic E-state index is 0.327. The van der Waals surface area contributed by atoms with Crippen LogP contribution in [0.3, 0.4) is 0 Å². The molecule has 0 unspecified atom stereocenters. The first-order valence-corrected chi connectivity index (χ1v) is 6.80. The summed E-state index contributed by atoms with van der Waals surface area (Å²) in [7, 11) is 2.14. The summed E-state index contributed by atoms with van der Waals surface area (Å²) < 4.78 is 0. The molecule has 0 bridgehead atoms. The molecule has 0 aliphatic rings. The predicted molar refractivity (Wildman–Crippen MR) is 68.7 cm³/mol. The minimum Gasteiger partial charge on any atom is -0.396 e. The molecule has 4 heteroatoms. The number of rotatable bonds is 8. The molecule has 0 atom stereocenters. The zero-order valence-corrected chi connectivity index (χ0v) is 11.1. The number of thiazole rings is 1. The molecule has 0 aliphatic heterocycles. The Hall–Kier alpha value is -0.450. The Labute approximate surface area is 102 Å². The average Bonchev–Trinajstić information content (AvgIpc) is 2.63. The van der Waals surface area contributed by atoms with E-state index in [4.69, 9.17) is 5.11 Å². The molecule has 1 N–H and O–H groups in total. The largest absolute Gasteiger partial charge is 0.396 e. The lowest BCUT2D eigenvalue weighted by Gasteiger charge is -2.14. The molecule has 0 fully saturated rings. The van der Waals surface area contributed by atoms with E-state index in [-0.39, 0.29) is 0 Å². The highest BCUT2D eigenvalue weighted by Crippen LogP contribution is 2.10. The summed E-state index contributed by atoms with van der Waals surface area (Å²) in [5, 5.41) is 11.9. The Kier molecular flexibility index (Phi) is 6.61. The van der Waals surface area contributed by atoms with E-state index in [9.17, 15) is 0 Å². The minimum absolute atomic E-state index is 0.327. The summed E-state index contributed by atoms with van der Waals surface area (Å²) in [6.45, 7) is 4.43. The van der Waals surface area contributed by atoms with E-state index in [0.717, 1.165) is 30.9 Å². The van der Waals surface area contributed by atoms with Crippen LogP contribution in [0.4, 0.5) is 0 Å². The quantitative estimate of drug-likeness (QED) is 0.711. The van der Waals surface area contributed by atoms with Gasteiger partial charge in [-0.05, 0) is 33.4 Å². The van der Waals surface area contributed by atoms with Crippen molar-refractivity contribution in [2.24, 2.45) is 0 Å². The van der Waals surface area contributed by atoms with E-state index in [1.54, 1.807) is 11.3 Å². The van der Waals surface area contributed by atoms with Crippen molar-refractivity contribution in [3.63, 3.8) is 0 Å². The van der Waals surface area contributed by atoms with Crippen LogP contribution >= 0.6 is 11.3 Å². The maximum atomic E-state index is 8.65. The average molecular weight is 242 g/mol. The van der Waals surface area contributed by atoms with Crippen LogP contribution in [0.2, 0.25) is 0 Å². The molecular weight excluding hydrogens is 220 g/mol. The summed E-state index contributed by atoms with van der Waals surface area (Å²) in [6, 6.07) is 0. The SMILES string of the molecule is Cc1nc(CN(C)CCCCCCO)cs1. The molecule has 1 heterocycles. The second-order valence-corrected chi connectivity index (χ2v) is 5.30. The van der Waals surface area contributed by atoms with E-state index in [1.807, 2.05) is 6.92 Å². The lowest BCUT2D eigenvalue weighted by Crippen LogP contribution is -2.19. The summed E-state index contributed by atoms with van der Waals surface area (Å²) in [6.07, 6.45) is 4.50. The van der Waals surface area contributed by atoms with E-state index in [0.29, 0.717) is 6.61 Å². The van der Waals surface area contributed by atoms with Gasteiger partial charge in [0.15, 0.2) is 0 Å². The van der Waals surface area contributed by atoms with Crippen molar-refractivity contribution in [3.8, 4) is 0 Å². The third-order valence-electron chi connectivity index (χ3n) is 2.55. The van der Waals surface area contributed by atoms with Crippen molar-refractivity contribution < 1.29 is 5.11 Å². The Morgan fingerprint density at radius 1 is 1.31 bits per heavy atom. The van der Waals surface area contributed by atoms with Crippen molar-refractivity contribution >= 4 is 11.3 Å². The smallest absolute Gasteiger partial charge is 0.0897 e. The molecule has 0 saturated heterocycles. The molecule has 0 radical (unpaired) electrons. The molecule has 16 heavy (non-hydrogen) atoms. The van der Waals surface area contributed by atoms with Crippen LogP contribution < -0.4 is 0 Å². The lowest BCUT2D eigenvalue weighted by molar-refractivity contribution is 0.276. The number of aliphatic hydroxyl groups excluding tert-OH is 1. The summed E-state index contributed by atoms with van der Waals surface area (Å²) in [5.74, 6) is 0. The summed E-state index contributed by atoms with van der Waals surface area (Å²) in [5.41, 5.74) is 1.18. The molecule has 1 aromatic rings. The van der Waals surface area contributed by atoms with Crippen LogP contribution in [0.15, 0.2) is 5.38 Å². The lowest BCUT2D eigenvalue weighted by atomic mass is 10.2. The van der Waals surface area contributed by atoms with Gasteiger partial charge in [0, 0.05) is 18.5 Å². The van der Waals surface area contributed by atoms with Crippen molar-refractivity contribution in [3.05, 3.63) is 16.1 Å². The fourth-order valence-electron chi connectivity index (χ4n) is 1.68. The van der Waals surface area contributed by atoms with Gasteiger partial charge in [-0.1, -0.05) is 12.8 Å². The van der Waals surface area contributed by atoms with Crippen molar-refractivity contribution in [2.45, 2.75) is 39.2 Å². The topological polar surface area (TPSA) is 36.4 Å². The van der Waals surface area contributed by atoms with Gasteiger partial charge in [-0.2, -0.15) is 0 Å². The Bertz CT molecular complexity index is 288. The molecular formula is C12H22N2OS. The molecule has 0 aromatic carbocycles. The fourth-order valence-corrected chi connectivity index (χ4v) is 2.29. The second-order valence-electron chi connectivity index (χ2n) is 4.23. The number of unbranched alkanes of at least 4 members (excludes halogenated alkanes) is 3. The van der Waals surface area contributed by atoms with Crippen LogP contribution in [0, 0.1) is 6.92 Å². The van der Waals surface area contributed by atoms with E-state index < -0.39 is 0 Å². The number of hydrogen-bond acceptors (Lipinski definition) is 4. The van der Waals surface area contributed by atoms with Crippen molar-refractivity contribution in [2.75, 3.05) is 20.2 Å². The number of hydrogen-bond donors (Lipinski definition) is 1. The van der Waals surface area contributed by atoms with Gasteiger partial charge in [-0.3, -0.25) is 0 Å².